The van der Waals surface area contributed by atoms with Gasteiger partial charge in [-0.3, -0.25) is 4.79 Å². The topological polar surface area (TPSA) is 66.4 Å². The smallest absolute Gasteiger partial charge is 0.326 e. The molecule has 2 N–H and O–H groups in total. The van der Waals surface area contributed by atoms with Gasteiger partial charge in [0.2, 0.25) is 5.91 Å². The van der Waals surface area contributed by atoms with E-state index in [2.05, 4.69) is 5.32 Å². The van der Waals surface area contributed by atoms with Crippen LogP contribution in [-0.2, 0) is 9.59 Å². The van der Waals surface area contributed by atoms with Crippen molar-refractivity contribution in [1.82, 2.24) is 5.32 Å². The maximum absolute atomic E-state index is 11.8. The zero-order valence-electron chi connectivity index (χ0n) is 11.4. The van der Waals surface area contributed by atoms with Crippen molar-refractivity contribution < 1.29 is 14.7 Å². The minimum Gasteiger partial charge on any atom is -0.480 e. The van der Waals surface area contributed by atoms with Gasteiger partial charge in [0.1, 0.15) is 6.04 Å². The molecule has 0 aromatic rings. The van der Waals surface area contributed by atoms with E-state index in [9.17, 15) is 9.59 Å². The Balaban J connectivity index is 2.39. The van der Waals surface area contributed by atoms with Crippen molar-refractivity contribution in [3.63, 3.8) is 0 Å². The van der Waals surface area contributed by atoms with Gasteiger partial charge < -0.3 is 10.4 Å². The summed E-state index contributed by atoms with van der Waals surface area (Å²) in [6.45, 7) is 4.04. The number of amides is 1. The van der Waals surface area contributed by atoms with Gasteiger partial charge in [-0.15, -0.1) is 0 Å². The molecule has 0 radical (unpaired) electrons. The summed E-state index contributed by atoms with van der Waals surface area (Å²) < 4.78 is 0. The fourth-order valence-corrected chi connectivity index (χ4v) is 2.52. The van der Waals surface area contributed by atoms with Gasteiger partial charge in [-0.1, -0.05) is 33.1 Å². The molecule has 0 heterocycles. The average Bonchev–Trinajstić information content (AvgIpc) is 2.80. The Bertz CT molecular complexity index is 285. The Morgan fingerprint density at radius 2 is 1.94 bits per heavy atom. The van der Waals surface area contributed by atoms with Crippen molar-refractivity contribution in [3.8, 4) is 0 Å². The highest BCUT2D eigenvalue weighted by atomic mass is 16.4. The molecule has 1 aliphatic rings. The Morgan fingerprint density at radius 1 is 1.33 bits per heavy atom. The molecule has 1 amide bonds. The second kappa shape index (κ2) is 7.39. The van der Waals surface area contributed by atoms with Crippen LogP contribution in [0.3, 0.4) is 0 Å². The highest BCUT2D eigenvalue weighted by Gasteiger charge is 2.24. The second-order valence-corrected chi connectivity index (χ2v) is 5.56. The molecular weight excluding hydrogens is 230 g/mol. The zero-order chi connectivity index (χ0) is 13.5. The molecule has 4 heteroatoms. The van der Waals surface area contributed by atoms with Crippen LogP contribution in [0.25, 0.3) is 0 Å². The normalized spacial score (nSPS) is 19.4. The Kier molecular flexibility index (Phi) is 6.16. The van der Waals surface area contributed by atoms with Gasteiger partial charge >= 0.3 is 5.97 Å². The molecule has 0 saturated heterocycles. The summed E-state index contributed by atoms with van der Waals surface area (Å²) in [7, 11) is 0. The number of carbonyl (C=O) groups excluding carboxylic acids is 1. The summed E-state index contributed by atoms with van der Waals surface area (Å²) in [6.07, 6.45) is 6.56. The van der Waals surface area contributed by atoms with E-state index in [4.69, 9.17) is 5.11 Å². The first-order chi connectivity index (χ1) is 8.52. The molecular formula is C14H25NO3. The summed E-state index contributed by atoms with van der Waals surface area (Å²) in [6, 6.07) is -0.728. The summed E-state index contributed by atoms with van der Waals surface area (Å²) in [5.41, 5.74) is 0. The number of hydrogen-bond donors (Lipinski definition) is 2. The van der Waals surface area contributed by atoms with Crippen LogP contribution in [0, 0.1) is 11.8 Å². The maximum Gasteiger partial charge on any atom is 0.326 e. The third-order valence-electron chi connectivity index (χ3n) is 3.92. The monoisotopic (exact) mass is 255 g/mol. The highest BCUT2D eigenvalue weighted by Crippen LogP contribution is 2.27. The van der Waals surface area contributed by atoms with Crippen molar-refractivity contribution in [2.45, 2.75) is 64.8 Å². The molecule has 104 valence electrons. The first-order valence-corrected chi connectivity index (χ1v) is 7.05. The van der Waals surface area contributed by atoms with E-state index >= 15 is 0 Å². The lowest BCUT2D eigenvalue weighted by atomic mass is 9.98. The average molecular weight is 255 g/mol. The van der Waals surface area contributed by atoms with Crippen LogP contribution >= 0.6 is 0 Å². The molecule has 18 heavy (non-hydrogen) atoms. The van der Waals surface area contributed by atoms with Crippen LogP contribution in [0.15, 0.2) is 0 Å². The van der Waals surface area contributed by atoms with E-state index in [1.54, 1.807) is 0 Å². The van der Waals surface area contributed by atoms with Gasteiger partial charge in [0.15, 0.2) is 0 Å². The summed E-state index contributed by atoms with van der Waals surface area (Å²) in [5.74, 6) is -0.242. The van der Waals surface area contributed by atoms with Crippen LogP contribution in [-0.4, -0.2) is 23.0 Å². The molecule has 0 aliphatic heterocycles. The van der Waals surface area contributed by atoms with Crippen molar-refractivity contribution in [2.75, 3.05) is 0 Å². The third kappa shape index (κ3) is 5.07. The molecule has 2 atom stereocenters. The lowest BCUT2D eigenvalue weighted by molar-refractivity contribution is -0.142. The van der Waals surface area contributed by atoms with Crippen molar-refractivity contribution in [3.05, 3.63) is 0 Å². The first kappa shape index (κ1) is 15.0. The minimum absolute atomic E-state index is 0.0994. The van der Waals surface area contributed by atoms with E-state index in [0.29, 0.717) is 24.7 Å². The molecule has 0 bridgehead atoms. The number of carboxylic acids is 1. The standard InChI is InChI=1S/C14H25NO3/c1-3-10(2)8-12(14(17)18)15-13(16)9-11-6-4-5-7-11/h10-12H,3-9H2,1-2H3,(H,15,16)(H,17,18)/t10?,12-/m0/s1. The van der Waals surface area contributed by atoms with Crippen LogP contribution in [0.2, 0.25) is 0 Å². The van der Waals surface area contributed by atoms with Gasteiger partial charge in [0.05, 0.1) is 0 Å². The van der Waals surface area contributed by atoms with Gasteiger partial charge in [0, 0.05) is 6.42 Å². The number of carboxylic acid groups (broad SMARTS) is 1. The van der Waals surface area contributed by atoms with Crippen LogP contribution in [0.1, 0.15) is 58.8 Å². The molecule has 1 unspecified atom stereocenters. The highest BCUT2D eigenvalue weighted by molar-refractivity contribution is 5.83. The predicted octanol–water partition coefficient (Wildman–Crippen LogP) is 2.57. The lowest BCUT2D eigenvalue weighted by Crippen LogP contribution is -2.42. The number of rotatable bonds is 7. The summed E-state index contributed by atoms with van der Waals surface area (Å²) in [5, 5.41) is 11.8. The minimum atomic E-state index is -0.921. The molecule has 1 rings (SSSR count). The maximum atomic E-state index is 11.8. The third-order valence-corrected chi connectivity index (χ3v) is 3.92. The van der Waals surface area contributed by atoms with Crippen LogP contribution in [0.4, 0.5) is 0 Å². The van der Waals surface area contributed by atoms with E-state index in [1.165, 1.54) is 12.8 Å². The Hall–Kier alpha value is -1.06. The fraction of sp³-hybridized carbons (Fsp3) is 0.857. The van der Waals surface area contributed by atoms with Gasteiger partial charge in [-0.05, 0) is 31.1 Å². The van der Waals surface area contributed by atoms with Crippen LogP contribution < -0.4 is 5.32 Å². The number of nitrogens with one attached hydrogen (secondary N) is 1. The van der Waals surface area contributed by atoms with Crippen LogP contribution in [0.5, 0.6) is 0 Å². The fourth-order valence-electron chi connectivity index (χ4n) is 2.52. The molecule has 4 nitrogen and oxygen atoms in total. The molecule has 1 fully saturated rings. The predicted molar refractivity (Wildman–Crippen MR) is 70.2 cm³/mol. The lowest BCUT2D eigenvalue weighted by Gasteiger charge is -2.19. The Labute approximate surface area is 109 Å². The number of aliphatic carboxylic acids is 1. The Morgan fingerprint density at radius 3 is 2.44 bits per heavy atom. The largest absolute Gasteiger partial charge is 0.480 e. The quantitative estimate of drug-likeness (QED) is 0.734. The van der Waals surface area contributed by atoms with E-state index in [1.807, 2.05) is 13.8 Å². The van der Waals surface area contributed by atoms with Crippen molar-refractivity contribution in [2.24, 2.45) is 11.8 Å². The first-order valence-electron chi connectivity index (χ1n) is 7.05. The zero-order valence-corrected chi connectivity index (χ0v) is 11.4. The molecule has 0 aromatic carbocycles. The molecule has 0 aromatic heterocycles. The summed E-state index contributed by atoms with van der Waals surface area (Å²) >= 11 is 0. The molecule has 1 saturated carbocycles. The summed E-state index contributed by atoms with van der Waals surface area (Å²) in [4.78, 5) is 22.9. The van der Waals surface area contributed by atoms with E-state index in [0.717, 1.165) is 19.3 Å². The second-order valence-electron chi connectivity index (χ2n) is 5.56. The number of hydrogen-bond acceptors (Lipinski definition) is 2. The number of carbonyl (C=O) groups is 2. The van der Waals surface area contributed by atoms with Crippen molar-refractivity contribution in [1.29, 1.82) is 0 Å². The van der Waals surface area contributed by atoms with Gasteiger partial charge in [-0.25, -0.2) is 4.79 Å². The van der Waals surface area contributed by atoms with E-state index < -0.39 is 12.0 Å². The van der Waals surface area contributed by atoms with Gasteiger partial charge in [-0.2, -0.15) is 0 Å². The molecule has 1 aliphatic carbocycles. The van der Waals surface area contributed by atoms with Crippen molar-refractivity contribution >= 4 is 11.9 Å². The SMILES string of the molecule is CCC(C)C[C@H](NC(=O)CC1CCCC1)C(=O)O. The van der Waals surface area contributed by atoms with Gasteiger partial charge in [0.25, 0.3) is 0 Å². The van der Waals surface area contributed by atoms with E-state index in [-0.39, 0.29) is 5.91 Å². The molecule has 0 spiro atoms.